The molecule has 22 heavy (non-hydrogen) atoms. The molecule has 8 nitrogen and oxygen atoms in total. The highest BCUT2D eigenvalue weighted by Crippen LogP contribution is 2.22. The van der Waals surface area contributed by atoms with Crippen LogP contribution in [0, 0.1) is 0 Å². The Balaban J connectivity index is 1.55. The first-order valence-electron chi connectivity index (χ1n) is 7.88. The molecule has 0 bridgehead atoms. The maximum Gasteiger partial charge on any atom is 0.346 e. The summed E-state index contributed by atoms with van der Waals surface area (Å²) in [5, 5.41) is 8.43. The Morgan fingerprint density at radius 3 is 3.09 bits per heavy atom. The van der Waals surface area contributed by atoms with Gasteiger partial charge in [-0.05, 0) is 19.3 Å². The van der Waals surface area contributed by atoms with Gasteiger partial charge in [-0.15, -0.1) is 0 Å². The molecule has 0 radical (unpaired) electrons. The van der Waals surface area contributed by atoms with Crippen LogP contribution in [0.1, 0.15) is 49.1 Å². The van der Waals surface area contributed by atoms with Crippen LogP contribution < -0.4 is 5.69 Å². The molecule has 4 rings (SSSR count). The van der Waals surface area contributed by atoms with E-state index in [1.165, 1.54) is 4.68 Å². The van der Waals surface area contributed by atoms with Crippen molar-refractivity contribution >= 4 is 0 Å². The molecule has 1 fully saturated rings. The summed E-state index contributed by atoms with van der Waals surface area (Å²) in [6, 6.07) is 0. The second-order valence-electron chi connectivity index (χ2n) is 5.93. The molecular weight excluding hydrogens is 286 g/mol. The Hall–Kier alpha value is -1.96. The molecule has 2 aliphatic heterocycles. The van der Waals surface area contributed by atoms with Crippen molar-refractivity contribution in [3.05, 3.63) is 28.0 Å². The van der Waals surface area contributed by atoms with Gasteiger partial charge < -0.3 is 9.26 Å². The van der Waals surface area contributed by atoms with Crippen molar-refractivity contribution in [2.45, 2.75) is 51.1 Å². The number of hydrogen-bond acceptors (Lipinski definition) is 6. The molecule has 0 N–H and O–H groups in total. The van der Waals surface area contributed by atoms with E-state index in [-0.39, 0.29) is 18.2 Å². The van der Waals surface area contributed by atoms with E-state index >= 15 is 0 Å². The minimum Gasteiger partial charge on any atom is -0.381 e. The van der Waals surface area contributed by atoms with E-state index in [4.69, 9.17) is 9.26 Å². The number of hydrogen-bond donors (Lipinski definition) is 0. The van der Waals surface area contributed by atoms with Crippen LogP contribution in [-0.2, 0) is 24.2 Å². The van der Waals surface area contributed by atoms with Gasteiger partial charge in [0.05, 0.1) is 6.61 Å². The summed E-state index contributed by atoms with van der Waals surface area (Å²) >= 11 is 0. The van der Waals surface area contributed by atoms with Gasteiger partial charge in [0.2, 0.25) is 5.89 Å². The third-order valence-corrected chi connectivity index (χ3v) is 4.35. The van der Waals surface area contributed by atoms with Crippen molar-refractivity contribution in [3.63, 3.8) is 0 Å². The highest BCUT2D eigenvalue weighted by Gasteiger charge is 2.24. The largest absolute Gasteiger partial charge is 0.381 e. The number of ether oxygens (including phenoxy) is 1. The summed E-state index contributed by atoms with van der Waals surface area (Å²) in [5.41, 5.74) is -0.0825. The second kappa shape index (κ2) is 5.68. The molecule has 0 saturated carbocycles. The zero-order valence-corrected chi connectivity index (χ0v) is 12.4. The van der Waals surface area contributed by atoms with Gasteiger partial charge in [0.1, 0.15) is 12.4 Å². The number of aromatic nitrogens is 5. The van der Waals surface area contributed by atoms with Crippen molar-refractivity contribution in [3.8, 4) is 0 Å². The van der Waals surface area contributed by atoms with E-state index in [9.17, 15) is 4.79 Å². The van der Waals surface area contributed by atoms with Crippen LogP contribution in [0.3, 0.4) is 0 Å². The van der Waals surface area contributed by atoms with Gasteiger partial charge in [-0.1, -0.05) is 11.6 Å². The lowest BCUT2D eigenvalue weighted by molar-refractivity contribution is 0.192. The monoisotopic (exact) mass is 305 g/mol. The summed E-state index contributed by atoms with van der Waals surface area (Å²) in [7, 11) is 0. The minimum atomic E-state index is -0.0825. The first kappa shape index (κ1) is 13.7. The van der Waals surface area contributed by atoms with E-state index in [0.29, 0.717) is 18.3 Å². The van der Waals surface area contributed by atoms with Gasteiger partial charge in [-0.25, -0.2) is 9.48 Å². The van der Waals surface area contributed by atoms with E-state index in [1.807, 2.05) is 0 Å². The Morgan fingerprint density at radius 2 is 2.23 bits per heavy atom. The quantitative estimate of drug-likeness (QED) is 0.829. The van der Waals surface area contributed by atoms with Crippen LogP contribution in [-0.4, -0.2) is 37.7 Å². The molecule has 2 aromatic heterocycles. The first-order chi connectivity index (χ1) is 10.8. The summed E-state index contributed by atoms with van der Waals surface area (Å²) in [5.74, 6) is 2.16. The number of nitrogens with zero attached hydrogens (tertiary/aromatic N) is 5. The standard InChI is InChI=1S/C14H19N5O3/c20-14-18-6-3-1-2-4-11(18)16-19(14)8-12-15-13(17-22-12)10-5-7-21-9-10/h10H,1-9H2. The third kappa shape index (κ3) is 2.47. The van der Waals surface area contributed by atoms with Gasteiger partial charge >= 0.3 is 5.69 Å². The molecular formula is C14H19N5O3. The molecule has 0 amide bonds. The third-order valence-electron chi connectivity index (χ3n) is 4.35. The van der Waals surface area contributed by atoms with E-state index in [1.54, 1.807) is 4.57 Å². The predicted octanol–water partition coefficient (Wildman–Crippen LogP) is 0.706. The number of aryl methyl sites for hydroxylation is 1. The topological polar surface area (TPSA) is 88.0 Å². The highest BCUT2D eigenvalue weighted by atomic mass is 16.5. The Morgan fingerprint density at radius 1 is 1.27 bits per heavy atom. The minimum absolute atomic E-state index is 0.0825. The van der Waals surface area contributed by atoms with Crippen LogP contribution in [0.5, 0.6) is 0 Å². The van der Waals surface area contributed by atoms with Gasteiger partial charge in [-0.3, -0.25) is 4.57 Å². The van der Waals surface area contributed by atoms with Gasteiger partial charge in [0, 0.05) is 25.5 Å². The van der Waals surface area contributed by atoms with Crippen molar-refractivity contribution in [2.24, 2.45) is 0 Å². The maximum absolute atomic E-state index is 12.4. The molecule has 0 aromatic carbocycles. The van der Waals surface area contributed by atoms with Gasteiger partial charge in [0.25, 0.3) is 0 Å². The lowest BCUT2D eigenvalue weighted by atomic mass is 10.1. The second-order valence-corrected chi connectivity index (χ2v) is 5.93. The molecule has 1 atom stereocenters. The Bertz CT molecular complexity index is 710. The maximum atomic E-state index is 12.4. The molecule has 2 aliphatic rings. The highest BCUT2D eigenvalue weighted by molar-refractivity contribution is 4.98. The van der Waals surface area contributed by atoms with E-state index < -0.39 is 0 Å². The summed E-state index contributed by atoms with van der Waals surface area (Å²) < 4.78 is 13.8. The average molecular weight is 305 g/mol. The zero-order chi connectivity index (χ0) is 14.9. The number of rotatable bonds is 3. The Kier molecular flexibility index (Phi) is 3.53. The SMILES string of the molecule is O=c1n(Cc2nc(C3CCOC3)no2)nc2n1CCCCC2. The summed E-state index contributed by atoms with van der Waals surface area (Å²) in [6.45, 7) is 2.36. The van der Waals surface area contributed by atoms with Crippen molar-refractivity contribution in [2.75, 3.05) is 13.2 Å². The molecule has 2 aromatic rings. The summed E-state index contributed by atoms with van der Waals surface area (Å²) in [6.07, 6.45) is 5.04. The fourth-order valence-electron chi connectivity index (χ4n) is 3.09. The first-order valence-corrected chi connectivity index (χ1v) is 7.88. The smallest absolute Gasteiger partial charge is 0.346 e. The van der Waals surface area contributed by atoms with Crippen LogP contribution in [0.25, 0.3) is 0 Å². The number of fused-ring (bicyclic) bond motifs is 1. The van der Waals surface area contributed by atoms with Crippen LogP contribution >= 0.6 is 0 Å². The van der Waals surface area contributed by atoms with Crippen LogP contribution in [0.4, 0.5) is 0 Å². The van der Waals surface area contributed by atoms with Gasteiger partial charge in [-0.2, -0.15) is 10.1 Å². The van der Waals surface area contributed by atoms with Crippen molar-refractivity contribution in [1.29, 1.82) is 0 Å². The fraction of sp³-hybridized carbons (Fsp3) is 0.714. The molecule has 1 saturated heterocycles. The zero-order valence-electron chi connectivity index (χ0n) is 12.4. The molecule has 1 unspecified atom stereocenters. The molecule has 8 heteroatoms. The lowest BCUT2D eigenvalue weighted by Gasteiger charge is -1.98. The average Bonchev–Trinajstić information content (AvgIpc) is 3.20. The van der Waals surface area contributed by atoms with Gasteiger partial charge in [0.15, 0.2) is 5.82 Å². The van der Waals surface area contributed by atoms with Crippen molar-refractivity contribution in [1.82, 2.24) is 24.5 Å². The molecule has 118 valence electrons. The molecule has 0 aliphatic carbocycles. The van der Waals surface area contributed by atoms with Crippen molar-refractivity contribution < 1.29 is 9.26 Å². The fourth-order valence-corrected chi connectivity index (χ4v) is 3.09. The summed E-state index contributed by atoms with van der Waals surface area (Å²) in [4.78, 5) is 16.8. The van der Waals surface area contributed by atoms with E-state index in [2.05, 4.69) is 15.2 Å². The lowest BCUT2D eigenvalue weighted by Crippen LogP contribution is -2.25. The Labute approximate surface area is 127 Å². The molecule has 4 heterocycles. The van der Waals surface area contributed by atoms with Crippen LogP contribution in [0.2, 0.25) is 0 Å². The van der Waals surface area contributed by atoms with E-state index in [0.717, 1.165) is 51.1 Å². The molecule has 0 spiro atoms. The predicted molar refractivity (Wildman–Crippen MR) is 75.6 cm³/mol. The normalized spacial score (nSPS) is 21.7. The van der Waals surface area contributed by atoms with Crippen LogP contribution in [0.15, 0.2) is 9.32 Å².